The summed E-state index contributed by atoms with van der Waals surface area (Å²) >= 11 is 0. The normalized spacial score (nSPS) is 17.2. The van der Waals surface area contributed by atoms with Crippen LogP contribution in [0.1, 0.15) is 30.7 Å². The van der Waals surface area contributed by atoms with Gasteiger partial charge in [0.05, 0.1) is 13.7 Å². The Morgan fingerprint density at radius 1 is 1.18 bits per heavy atom. The van der Waals surface area contributed by atoms with Crippen molar-refractivity contribution in [3.63, 3.8) is 0 Å². The number of ether oxygens (including phenoxy) is 2. The average molecular weight is 380 g/mol. The van der Waals surface area contributed by atoms with E-state index in [1.807, 2.05) is 36.4 Å². The van der Waals surface area contributed by atoms with Gasteiger partial charge in [0, 0.05) is 17.8 Å². The highest BCUT2D eigenvalue weighted by Gasteiger charge is 2.33. The number of carbonyl (C=O) groups is 2. The Bertz CT molecular complexity index is 844. The van der Waals surface area contributed by atoms with Crippen LogP contribution in [0.4, 0.5) is 16.2 Å². The van der Waals surface area contributed by atoms with Crippen molar-refractivity contribution in [3.05, 3.63) is 54.1 Å². The molecule has 1 N–H and O–H groups in total. The molecule has 1 saturated carbocycles. The first-order valence-corrected chi connectivity index (χ1v) is 9.62. The fraction of sp³-hybridized carbons (Fsp3) is 0.364. The number of hydrogen-bond acceptors (Lipinski definition) is 4. The number of methoxy groups -OCH3 is 1. The molecule has 4 rings (SSSR count). The Hall–Kier alpha value is -3.02. The molecule has 0 radical (unpaired) electrons. The second kappa shape index (κ2) is 7.92. The Balaban J connectivity index is 1.39. The van der Waals surface area contributed by atoms with Gasteiger partial charge in [0.25, 0.3) is 0 Å². The molecular weight excluding hydrogens is 356 g/mol. The molecule has 2 aliphatic rings. The molecule has 1 saturated heterocycles. The summed E-state index contributed by atoms with van der Waals surface area (Å²) in [6, 6.07) is 15.3. The lowest BCUT2D eigenvalue weighted by molar-refractivity contribution is -0.116. The summed E-state index contributed by atoms with van der Waals surface area (Å²) in [5.74, 6) is 1.62. The highest BCUT2D eigenvalue weighted by molar-refractivity contribution is 5.93. The molecule has 0 bridgehead atoms. The van der Waals surface area contributed by atoms with Gasteiger partial charge in [-0.25, -0.2) is 4.79 Å². The van der Waals surface area contributed by atoms with Crippen molar-refractivity contribution in [2.24, 2.45) is 5.92 Å². The molecule has 1 aliphatic carbocycles. The topological polar surface area (TPSA) is 67.9 Å². The van der Waals surface area contributed by atoms with Gasteiger partial charge in [-0.05, 0) is 66.6 Å². The number of anilines is 2. The molecule has 0 spiro atoms. The number of cyclic esters (lactones) is 1. The number of benzene rings is 2. The van der Waals surface area contributed by atoms with Crippen LogP contribution in [0.25, 0.3) is 0 Å². The van der Waals surface area contributed by atoms with Gasteiger partial charge in [-0.15, -0.1) is 0 Å². The molecule has 2 aromatic carbocycles. The van der Waals surface area contributed by atoms with E-state index in [0.717, 1.165) is 17.1 Å². The molecule has 1 aliphatic heterocycles. The molecule has 1 heterocycles. The maximum Gasteiger partial charge on any atom is 0.414 e. The molecule has 0 aromatic heterocycles. The zero-order valence-electron chi connectivity index (χ0n) is 15.9. The van der Waals surface area contributed by atoms with Crippen molar-refractivity contribution in [2.45, 2.75) is 25.2 Å². The summed E-state index contributed by atoms with van der Waals surface area (Å²) < 4.78 is 10.2. The monoisotopic (exact) mass is 380 g/mol. The minimum atomic E-state index is -0.330. The Kier molecular flexibility index (Phi) is 5.19. The van der Waals surface area contributed by atoms with E-state index in [1.165, 1.54) is 18.4 Å². The lowest BCUT2D eigenvalue weighted by atomic mass is 9.90. The van der Waals surface area contributed by atoms with Crippen molar-refractivity contribution in [2.75, 3.05) is 30.5 Å². The van der Waals surface area contributed by atoms with Crippen molar-refractivity contribution in [1.82, 2.24) is 0 Å². The second-order valence-corrected chi connectivity index (χ2v) is 7.28. The van der Waals surface area contributed by atoms with Gasteiger partial charge < -0.3 is 14.8 Å². The van der Waals surface area contributed by atoms with Crippen LogP contribution < -0.4 is 15.0 Å². The Morgan fingerprint density at radius 3 is 2.46 bits per heavy atom. The van der Waals surface area contributed by atoms with E-state index >= 15 is 0 Å². The quantitative estimate of drug-likeness (QED) is 0.783. The summed E-state index contributed by atoms with van der Waals surface area (Å²) in [6.07, 6.45) is 2.47. The Morgan fingerprint density at radius 2 is 1.89 bits per heavy atom. The van der Waals surface area contributed by atoms with E-state index in [1.54, 1.807) is 12.0 Å². The molecular formula is C22H24N2O4. The van der Waals surface area contributed by atoms with Crippen LogP contribution in [-0.2, 0) is 9.53 Å². The SMILES string of the molecule is COc1ccc(C(CC(=O)Nc2ccc(N3CCOC3=O)cc2)C2CC2)cc1. The molecule has 2 aromatic rings. The van der Waals surface area contributed by atoms with E-state index in [2.05, 4.69) is 17.4 Å². The van der Waals surface area contributed by atoms with Gasteiger partial charge in [0.2, 0.25) is 5.91 Å². The average Bonchev–Trinajstić information content (AvgIpc) is 3.47. The summed E-state index contributed by atoms with van der Waals surface area (Å²) in [5, 5.41) is 2.98. The molecule has 1 atom stereocenters. The summed E-state index contributed by atoms with van der Waals surface area (Å²) in [5.41, 5.74) is 2.68. The van der Waals surface area contributed by atoms with Gasteiger partial charge in [-0.1, -0.05) is 12.1 Å². The van der Waals surface area contributed by atoms with E-state index < -0.39 is 0 Å². The molecule has 2 fully saturated rings. The van der Waals surface area contributed by atoms with Gasteiger partial charge in [0.1, 0.15) is 12.4 Å². The first-order chi connectivity index (χ1) is 13.6. The maximum atomic E-state index is 12.6. The third-order valence-electron chi connectivity index (χ3n) is 5.36. The number of nitrogens with one attached hydrogen (secondary N) is 1. The van der Waals surface area contributed by atoms with E-state index in [9.17, 15) is 9.59 Å². The van der Waals surface area contributed by atoms with Crippen molar-refractivity contribution in [1.29, 1.82) is 0 Å². The standard InChI is InChI=1S/C22H24N2O4/c1-27-19-10-4-16(5-11-19)20(15-2-3-15)14-21(25)23-17-6-8-18(9-7-17)24-12-13-28-22(24)26/h4-11,15,20H,2-3,12-14H2,1H3,(H,23,25). The molecule has 6 heteroatoms. The van der Waals surface area contributed by atoms with Crippen molar-refractivity contribution in [3.8, 4) is 5.75 Å². The zero-order chi connectivity index (χ0) is 19.5. The van der Waals surface area contributed by atoms with Crippen LogP contribution in [0.15, 0.2) is 48.5 Å². The third kappa shape index (κ3) is 4.11. The molecule has 28 heavy (non-hydrogen) atoms. The molecule has 2 amide bonds. The number of nitrogens with zero attached hydrogens (tertiary/aromatic N) is 1. The van der Waals surface area contributed by atoms with E-state index in [4.69, 9.17) is 9.47 Å². The predicted molar refractivity (Wildman–Crippen MR) is 107 cm³/mol. The highest BCUT2D eigenvalue weighted by Crippen LogP contribution is 2.44. The number of rotatable bonds is 7. The largest absolute Gasteiger partial charge is 0.497 e. The molecule has 146 valence electrons. The molecule has 6 nitrogen and oxygen atoms in total. The van der Waals surface area contributed by atoms with Crippen LogP contribution in [-0.4, -0.2) is 32.3 Å². The van der Waals surface area contributed by atoms with Crippen molar-refractivity contribution < 1.29 is 19.1 Å². The van der Waals surface area contributed by atoms with Crippen LogP contribution in [0, 0.1) is 5.92 Å². The minimum absolute atomic E-state index is 0.000972. The van der Waals surface area contributed by atoms with E-state index in [0.29, 0.717) is 25.5 Å². The minimum Gasteiger partial charge on any atom is -0.497 e. The first-order valence-electron chi connectivity index (χ1n) is 9.62. The highest BCUT2D eigenvalue weighted by atomic mass is 16.6. The van der Waals surface area contributed by atoms with Gasteiger partial charge in [-0.2, -0.15) is 0 Å². The van der Waals surface area contributed by atoms with Crippen LogP contribution in [0.2, 0.25) is 0 Å². The predicted octanol–water partition coefficient (Wildman–Crippen LogP) is 4.17. The zero-order valence-corrected chi connectivity index (χ0v) is 15.9. The lowest BCUT2D eigenvalue weighted by Gasteiger charge is -2.17. The first kappa shape index (κ1) is 18.3. The van der Waals surface area contributed by atoms with Crippen LogP contribution >= 0.6 is 0 Å². The van der Waals surface area contributed by atoms with E-state index in [-0.39, 0.29) is 17.9 Å². The maximum absolute atomic E-state index is 12.6. The third-order valence-corrected chi connectivity index (χ3v) is 5.36. The molecule has 1 unspecified atom stereocenters. The van der Waals surface area contributed by atoms with Gasteiger partial charge in [0.15, 0.2) is 0 Å². The van der Waals surface area contributed by atoms with Crippen LogP contribution in [0.3, 0.4) is 0 Å². The number of amides is 2. The smallest absolute Gasteiger partial charge is 0.414 e. The fourth-order valence-electron chi connectivity index (χ4n) is 3.67. The second-order valence-electron chi connectivity index (χ2n) is 7.28. The van der Waals surface area contributed by atoms with Crippen molar-refractivity contribution >= 4 is 23.4 Å². The number of hydrogen-bond donors (Lipinski definition) is 1. The van der Waals surface area contributed by atoms with Gasteiger partial charge >= 0.3 is 6.09 Å². The summed E-state index contributed by atoms with van der Waals surface area (Å²) in [4.78, 5) is 25.8. The lowest BCUT2D eigenvalue weighted by Crippen LogP contribution is -2.23. The number of carbonyl (C=O) groups excluding carboxylic acids is 2. The van der Waals surface area contributed by atoms with Gasteiger partial charge in [-0.3, -0.25) is 9.69 Å². The Labute approximate surface area is 164 Å². The summed E-state index contributed by atoms with van der Waals surface area (Å²) in [7, 11) is 1.65. The fourth-order valence-corrected chi connectivity index (χ4v) is 3.67. The summed E-state index contributed by atoms with van der Waals surface area (Å²) in [6.45, 7) is 0.959. The van der Waals surface area contributed by atoms with Crippen LogP contribution in [0.5, 0.6) is 5.75 Å².